The van der Waals surface area contributed by atoms with Crippen molar-refractivity contribution in [2.45, 2.75) is 298 Å². The van der Waals surface area contributed by atoms with Gasteiger partial charge < -0.3 is 37.9 Å². The second-order valence-electron chi connectivity index (χ2n) is 28.0. The number of aromatic nitrogens is 2. The number of halogens is 3. The van der Waals surface area contributed by atoms with E-state index in [1.165, 1.54) is 180 Å². The second kappa shape index (κ2) is 69.2. The van der Waals surface area contributed by atoms with Crippen LogP contribution in [0.15, 0.2) is 67.0 Å². The fourth-order valence-corrected chi connectivity index (χ4v) is 12.2. The summed E-state index contributed by atoms with van der Waals surface area (Å²) in [6.07, 6.45) is 66.4. The Morgan fingerprint density at radius 1 is 0.319 bits per heavy atom. The molecule has 5 rings (SSSR count). The normalized spacial score (nSPS) is 9.75. The fourth-order valence-electron chi connectivity index (χ4n) is 12.2. The van der Waals surface area contributed by atoms with Gasteiger partial charge in [-0.3, -0.25) is 18.7 Å². The first-order chi connectivity index (χ1) is 57.3. The monoisotopic (exact) mass is 1770 g/mol. The Bertz CT molecular complexity index is 4130. The molecule has 0 bridgehead atoms. The van der Waals surface area contributed by atoms with Gasteiger partial charge in [-0.15, -0.1) is 18.9 Å². The van der Waals surface area contributed by atoms with Gasteiger partial charge in [0.05, 0.1) is 38.1 Å². The van der Waals surface area contributed by atoms with Crippen molar-refractivity contribution in [2.24, 2.45) is 0 Å². The quantitative estimate of drug-likeness (QED) is 0.0213. The topological polar surface area (TPSA) is 99.6 Å². The molecule has 0 radical (unpaired) electrons. The van der Waals surface area contributed by atoms with Crippen molar-refractivity contribution >= 4 is 9.42 Å². The van der Waals surface area contributed by atoms with E-state index < -0.39 is 11.6 Å². The first-order valence-electron chi connectivity index (χ1n) is 42.1. The standard InChI is InChI=1S/C102H117F2N2O8.ClH.Pt/c1-7-13-19-25-31-37-43-49-55-61-71-107-97-77-89(78-98(108-72-62-56-50-44-38-32-26-20-14-8-2)101(97)111-75-65-59-53-47-41-35-29-23-17-11-5)113-85-87-67-69-95(105-83-87)91-81-92(94(104)82-93(91)103)96-70-68-88(84-106-96)86-114-90-79-99(109-73-63-57-51-45-39-33-27-21-15-9-3)102(112-76-66-60-54-48-42-36-30-24-18-12-6)100(80-90)110-74-64-58-52-46-40-34-28-22-16-10-4;;/h1,3,67-70,77-80,82-84H,8,10-12,14,16-18,20,22-24,26,28-30,32,34-36,38,40-42,44,46-48,50,52-54,56,58-60,62,64-66,72,74-76,85-86H2,2,4-6H3;1H;/q-1;;+2/p-1. The van der Waals surface area contributed by atoms with Gasteiger partial charge in [0.2, 0.25) is 11.5 Å². The Hall–Kier alpha value is -10.1. The molecule has 0 saturated heterocycles. The molecule has 614 valence electrons. The summed E-state index contributed by atoms with van der Waals surface area (Å²) in [5.74, 6) is 52.4. The van der Waals surface area contributed by atoms with Crippen molar-refractivity contribution in [3.8, 4) is 212 Å². The van der Waals surface area contributed by atoms with Crippen molar-refractivity contribution in [2.75, 3.05) is 26.4 Å². The summed E-state index contributed by atoms with van der Waals surface area (Å²) in [7, 11) is 4.61. The van der Waals surface area contributed by atoms with Gasteiger partial charge in [-0.25, -0.2) is 0 Å². The molecular weight excluding hydrogens is 1650 g/mol. The number of unbranched alkanes of at least 4 members (excludes halogenated alkanes) is 36. The van der Waals surface area contributed by atoms with Crippen molar-refractivity contribution in [1.82, 2.24) is 9.97 Å². The summed E-state index contributed by atoms with van der Waals surface area (Å²) in [6.45, 7) is 10.9. The molecule has 2 heterocycles. The predicted octanol–water partition coefficient (Wildman–Crippen LogP) is 24.9. The van der Waals surface area contributed by atoms with E-state index in [0.717, 1.165) is 83.1 Å². The van der Waals surface area contributed by atoms with Gasteiger partial charge in [-0.2, -0.15) is 0 Å². The van der Waals surface area contributed by atoms with Gasteiger partial charge in [0.15, 0.2) is 23.0 Å². The third kappa shape index (κ3) is 46.5. The van der Waals surface area contributed by atoms with Crippen molar-refractivity contribution in [3.05, 3.63) is 95.8 Å². The van der Waals surface area contributed by atoms with Crippen LogP contribution >= 0.6 is 9.42 Å². The predicted molar refractivity (Wildman–Crippen MR) is 465 cm³/mol. The number of hydrogen-bond donors (Lipinski definition) is 0. The molecule has 0 amide bonds. The van der Waals surface area contributed by atoms with Gasteiger partial charge in [-0.05, 0) is 84.9 Å². The molecule has 0 aliphatic rings. The number of benzene rings is 3. The molecule has 3 aromatic carbocycles. The van der Waals surface area contributed by atoms with Crippen LogP contribution in [-0.2, 0) is 32.0 Å². The van der Waals surface area contributed by atoms with Crippen LogP contribution < -0.4 is 37.9 Å². The van der Waals surface area contributed by atoms with E-state index in [1.807, 2.05) is 0 Å². The summed E-state index contributed by atoms with van der Waals surface area (Å²) < 4.78 is 82.9. The van der Waals surface area contributed by atoms with E-state index in [1.54, 1.807) is 79.7 Å². The number of terminal acetylenes is 2. The average Bonchev–Trinajstić information content (AvgIpc) is 0.801. The van der Waals surface area contributed by atoms with Gasteiger partial charge in [0.25, 0.3) is 0 Å². The van der Waals surface area contributed by atoms with Crippen molar-refractivity contribution in [1.29, 1.82) is 0 Å². The van der Waals surface area contributed by atoms with Crippen LogP contribution in [-0.4, -0.2) is 36.4 Å². The molecular formula is C102H117ClF2N2O8Pt. The third-order valence-corrected chi connectivity index (χ3v) is 18.5. The Kier molecular flexibility index (Phi) is 58.7. The molecule has 0 saturated carbocycles. The molecule has 0 fully saturated rings. The number of ether oxygens (including phenoxy) is 8. The minimum absolute atomic E-state index is 0.0381. The number of rotatable bonds is 58. The van der Waals surface area contributed by atoms with E-state index in [0.29, 0.717) is 83.6 Å². The third-order valence-electron chi connectivity index (χ3n) is 18.5. The van der Waals surface area contributed by atoms with Gasteiger partial charge in [0.1, 0.15) is 36.9 Å². The Morgan fingerprint density at radius 2 is 0.578 bits per heavy atom. The van der Waals surface area contributed by atoms with Crippen LogP contribution in [0.3, 0.4) is 0 Å². The summed E-state index contributed by atoms with van der Waals surface area (Å²) in [4.78, 5) is 9.24. The molecule has 116 heavy (non-hydrogen) atoms. The fraction of sp³-hybridized carbons (Fsp3) is 0.490. The van der Waals surface area contributed by atoms with Gasteiger partial charge in [0, 0.05) is 118 Å². The molecule has 14 heteroatoms. The van der Waals surface area contributed by atoms with Crippen LogP contribution in [0.4, 0.5) is 8.78 Å². The number of hydrogen-bond acceptors (Lipinski definition) is 10. The Balaban J connectivity index is 0.0000140. The SMILES string of the molecule is C#CC#CC#CC#CC#CC#COc1cc(OCc2ccc(-c3[c-]c(-c4ccc(COc5cc(OC#CC#CC#CC#CC#CC#C)c(OCCCCCCCCCCCC)c(OCCCCCCCCCCCC)c5)cn4)c(F)cc3F)nc2)cc(OCCCCCCCCCCCC)c1OCCCCCCCCCCCC.[Cl][Pt+]. The van der Waals surface area contributed by atoms with E-state index in [9.17, 15) is 0 Å². The molecule has 0 N–H and O–H groups in total. The second-order valence-corrected chi connectivity index (χ2v) is 28.0. The average molecular weight is 1770 g/mol. The zero-order chi connectivity index (χ0) is 82.9. The summed E-state index contributed by atoms with van der Waals surface area (Å²) >= 11 is 1.61. The maximum atomic E-state index is 15.9. The Morgan fingerprint density at radius 3 is 0.853 bits per heavy atom. The summed E-state index contributed by atoms with van der Waals surface area (Å²) in [5, 5.41) is 0. The zero-order valence-corrected chi connectivity index (χ0v) is 72.2. The molecule has 0 atom stereocenters. The first-order valence-corrected chi connectivity index (χ1v) is 44.9. The van der Waals surface area contributed by atoms with Crippen LogP contribution in [0.5, 0.6) is 46.0 Å². The maximum absolute atomic E-state index is 15.9. The van der Waals surface area contributed by atoms with Crippen LogP contribution in [0, 0.1) is 161 Å². The molecule has 10 nitrogen and oxygen atoms in total. The number of pyridine rings is 2. The molecule has 0 unspecified atom stereocenters. The Labute approximate surface area is 712 Å². The van der Waals surface area contributed by atoms with Crippen LogP contribution in [0.2, 0.25) is 0 Å². The van der Waals surface area contributed by atoms with E-state index in [2.05, 4.69) is 184 Å². The van der Waals surface area contributed by atoms with Gasteiger partial charge >= 0.3 is 28.2 Å². The first kappa shape index (κ1) is 98.3. The molecule has 5 aromatic rings. The number of nitrogens with zero attached hydrogens (tertiary/aromatic N) is 2. The van der Waals surface area contributed by atoms with Crippen LogP contribution in [0.25, 0.3) is 22.5 Å². The van der Waals surface area contributed by atoms with E-state index >= 15 is 8.78 Å². The summed E-state index contributed by atoms with van der Waals surface area (Å²) in [6, 6.07) is 17.6. The van der Waals surface area contributed by atoms with Crippen molar-refractivity contribution in [3.63, 3.8) is 0 Å². The van der Waals surface area contributed by atoms with Crippen LogP contribution in [0.1, 0.15) is 296 Å². The molecule has 0 aliphatic carbocycles. The zero-order valence-electron chi connectivity index (χ0n) is 69.1. The minimum atomic E-state index is -0.839. The molecule has 0 spiro atoms. The van der Waals surface area contributed by atoms with Gasteiger partial charge in [-0.1, -0.05) is 300 Å². The van der Waals surface area contributed by atoms with Crippen molar-refractivity contribution < 1.29 is 65.4 Å². The van der Waals surface area contributed by atoms with E-state index in [4.69, 9.17) is 50.7 Å². The summed E-state index contributed by atoms with van der Waals surface area (Å²) in [5.41, 5.74) is 1.70. The molecule has 2 aromatic heterocycles. The van der Waals surface area contributed by atoms with E-state index in [-0.39, 0.29) is 35.7 Å². The molecule has 0 aliphatic heterocycles.